The molecule has 12 heteroatoms. The molecule has 1 amide bonds. The number of non-ortho nitro benzene ring substituents is 1. The molecule has 3 aromatic carbocycles. The Bertz CT molecular complexity index is 1420. The third-order valence-corrected chi connectivity index (χ3v) is 6.50. The van der Waals surface area contributed by atoms with Crippen molar-refractivity contribution in [1.82, 2.24) is 20.1 Å². The molecule has 0 fully saturated rings. The Kier molecular flexibility index (Phi) is 7.58. The second-order valence-electron chi connectivity index (χ2n) is 7.98. The van der Waals surface area contributed by atoms with Crippen molar-refractivity contribution in [2.45, 2.75) is 30.6 Å². The van der Waals surface area contributed by atoms with E-state index in [0.29, 0.717) is 22.4 Å². The quantitative estimate of drug-likeness (QED) is 0.179. The summed E-state index contributed by atoms with van der Waals surface area (Å²) < 4.78 is 40.1. The zero-order valence-electron chi connectivity index (χ0n) is 19.4. The number of aromatic nitrogens is 3. The van der Waals surface area contributed by atoms with E-state index in [4.69, 9.17) is 0 Å². The Labute approximate surface area is 213 Å². The number of nitro benzene ring substituents is 1. The summed E-state index contributed by atoms with van der Waals surface area (Å²) in [5, 5.41) is 22.7. The molecule has 190 valence electrons. The van der Waals surface area contributed by atoms with Crippen molar-refractivity contribution < 1.29 is 22.9 Å². The van der Waals surface area contributed by atoms with E-state index < -0.39 is 22.6 Å². The normalized spacial score (nSPS) is 11.4. The van der Waals surface area contributed by atoms with Crippen LogP contribution in [0.1, 0.15) is 32.9 Å². The van der Waals surface area contributed by atoms with Crippen LogP contribution in [-0.4, -0.2) is 25.6 Å². The van der Waals surface area contributed by atoms with Crippen LogP contribution in [0.3, 0.4) is 0 Å². The predicted octanol–water partition coefficient (Wildman–Crippen LogP) is 5.73. The van der Waals surface area contributed by atoms with Crippen LogP contribution in [0.2, 0.25) is 0 Å². The number of thioether (sulfide) groups is 1. The van der Waals surface area contributed by atoms with E-state index in [1.165, 1.54) is 23.9 Å². The number of hydrogen-bond donors (Lipinski definition) is 1. The van der Waals surface area contributed by atoms with Gasteiger partial charge in [0.25, 0.3) is 11.6 Å². The Morgan fingerprint density at radius 2 is 1.70 bits per heavy atom. The van der Waals surface area contributed by atoms with Crippen molar-refractivity contribution in [3.63, 3.8) is 0 Å². The molecule has 0 unspecified atom stereocenters. The van der Waals surface area contributed by atoms with Crippen LogP contribution in [0.15, 0.2) is 78.0 Å². The van der Waals surface area contributed by atoms with Gasteiger partial charge in [-0.1, -0.05) is 36.0 Å². The van der Waals surface area contributed by atoms with E-state index in [1.54, 1.807) is 16.7 Å². The van der Waals surface area contributed by atoms with Crippen LogP contribution >= 0.6 is 11.8 Å². The SMILES string of the molecule is Cc1ccccc1CSc1nnc(CNC(=O)c2ccc(C(F)(F)F)cc2)n1-c1ccc([N+](=O)[O-])cc1. The minimum absolute atomic E-state index is 0.0588. The minimum atomic E-state index is -4.50. The predicted molar refractivity (Wildman–Crippen MR) is 131 cm³/mol. The first kappa shape index (κ1) is 25.9. The smallest absolute Gasteiger partial charge is 0.345 e. The molecule has 4 rings (SSSR count). The fraction of sp³-hybridized carbons (Fsp3) is 0.160. The zero-order valence-corrected chi connectivity index (χ0v) is 20.2. The summed E-state index contributed by atoms with van der Waals surface area (Å²) in [6.07, 6.45) is -4.50. The Morgan fingerprint density at radius 3 is 2.32 bits per heavy atom. The molecule has 0 aliphatic heterocycles. The van der Waals surface area contributed by atoms with Crippen LogP contribution in [0.25, 0.3) is 5.69 Å². The number of nitrogens with zero attached hydrogens (tertiary/aromatic N) is 4. The number of hydrogen-bond acceptors (Lipinski definition) is 6. The maximum absolute atomic E-state index is 12.8. The molecule has 0 saturated heterocycles. The number of halogens is 3. The molecular formula is C25H20F3N5O3S. The number of rotatable bonds is 8. The summed E-state index contributed by atoms with van der Waals surface area (Å²) in [6.45, 7) is 1.92. The fourth-order valence-corrected chi connectivity index (χ4v) is 4.52. The van der Waals surface area contributed by atoms with E-state index in [-0.39, 0.29) is 17.8 Å². The first-order valence-corrected chi connectivity index (χ1v) is 11.9. The highest BCUT2D eigenvalue weighted by atomic mass is 32.2. The van der Waals surface area contributed by atoms with Gasteiger partial charge in [-0.25, -0.2) is 0 Å². The molecule has 1 heterocycles. The maximum atomic E-state index is 12.8. The van der Waals surface area contributed by atoms with Gasteiger partial charge in [-0.15, -0.1) is 10.2 Å². The molecular weight excluding hydrogens is 507 g/mol. The van der Waals surface area contributed by atoms with Crippen LogP contribution in [0.4, 0.5) is 18.9 Å². The minimum Gasteiger partial charge on any atom is -0.345 e. The summed E-state index contributed by atoms with van der Waals surface area (Å²) >= 11 is 1.41. The molecule has 0 radical (unpaired) electrons. The van der Waals surface area contributed by atoms with Crippen LogP contribution in [0.5, 0.6) is 0 Å². The summed E-state index contributed by atoms with van der Waals surface area (Å²) in [6, 6.07) is 17.6. The maximum Gasteiger partial charge on any atom is 0.416 e. The number of carbonyl (C=O) groups is 1. The van der Waals surface area contributed by atoms with Gasteiger partial charge in [0.2, 0.25) is 0 Å². The van der Waals surface area contributed by atoms with Crippen molar-refractivity contribution in [2.75, 3.05) is 0 Å². The summed E-state index contributed by atoms with van der Waals surface area (Å²) in [5.74, 6) is 0.359. The third kappa shape index (κ3) is 6.15. The molecule has 1 aromatic heterocycles. The standard InChI is InChI=1S/C25H20F3N5O3S/c1-16-4-2-3-5-18(16)15-37-24-31-30-22(32(24)20-10-12-21(13-11-20)33(35)36)14-29-23(34)17-6-8-19(9-7-17)25(26,27)28/h2-13H,14-15H2,1H3,(H,29,34). The van der Waals surface area contributed by atoms with E-state index >= 15 is 0 Å². The van der Waals surface area contributed by atoms with E-state index in [9.17, 15) is 28.1 Å². The molecule has 0 aliphatic carbocycles. The monoisotopic (exact) mass is 527 g/mol. The molecule has 8 nitrogen and oxygen atoms in total. The summed E-state index contributed by atoms with van der Waals surface area (Å²) in [7, 11) is 0. The summed E-state index contributed by atoms with van der Waals surface area (Å²) in [5.41, 5.74) is 1.90. The first-order chi connectivity index (χ1) is 17.6. The van der Waals surface area contributed by atoms with Gasteiger partial charge < -0.3 is 5.32 Å². The number of aryl methyl sites for hydroxylation is 1. The Hall–Kier alpha value is -4.19. The van der Waals surface area contributed by atoms with Crippen LogP contribution in [0, 0.1) is 17.0 Å². The van der Waals surface area contributed by atoms with Gasteiger partial charge >= 0.3 is 6.18 Å². The van der Waals surface area contributed by atoms with E-state index in [0.717, 1.165) is 35.4 Å². The van der Waals surface area contributed by atoms with Gasteiger partial charge in [0, 0.05) is 29.1 Å². The highest BCUT2D eigenvalue weighted by Crippen LogP contribution is 2.29. The fourth-order valence-electron chi connectivity index (χ4n) is 3.48. The molecule has 0 bridgehead atoms. The number of benzene rings is 3. The van der Waals surface area contributed by atoms with Gasteiger partial charge in [-0.3, -0.25) is 19.5 Å². The topological polar surface area (TPSA) is 103 Å². The highest BCUT2D eigenvalue weighted by molar-refractivity contribution is 7.98. The zero-order chi connectivity index (χ0) is 26.6. The van der Waals surface area contributed by atoms with Crippen molar-refractivity contribution in [3.8, 4) is 5.69 Å². The molecule has 0 spiro atoms. The molecule has 0 aliphatic rings. The van der Waals surface area contributed by atoms with Crippen LogP contribution < -0.4 is 5.32 Å². The van der Waals surface area contributed by atoms with Gasteiger partial charge in [-0.2, -0.15) is 13.2 Å². The number of carbonyl (C=O) groups excluding carboxylic acids is 1. The third-order valence-electron chi connectivity index (χ3n) is 5.52. The number of alkyl halides is 3. The van der Waals surface area contributed by atoms with Gasteiger partial charge in [0.05, 0.1) is 17.0 Å². The van der Waals surface area contributed by atoms with Gasteiger partial charge in [0.15, 0.2) is 11.0 Å². The lowest BCUT2D eigenvalue weighted by atomic mass is 10.1. The number of nitro groups is 1. The van der Waals surface area contributed by atoms with Crippen molar-refractivity contribution in [3.05, 3.63) is 111 Å². The Balaban J connectivity index is 1.57. The average Bonchev–Trinajstić information content (AvgIpc) is 3.29. The highest BCUT2D eigenvalue weighted by Gasteiger charge is 2.30. The van der Waals surface area contributed by atoms with Gasteiger partial charge in [0.1, 0.15) is 0 Å². The molecule has 37 heavy (non-hydrogen) atoms. The lowest BCUT2D eigenvalue weighted by Crippen LogP contribution is -2.24. The molecule has 4 aromatic rings. The average molecular weight is 528 g/mol. The van der Waals surface area contributed by atoms with Crippen molar-refractivity contribution in [1.29, 1.82) is 0 Å². The van der Waals surface area contributed by atoms with Gasteiger partial charge in [-0.05, 0) is 54.4 Å². The lowest BCUT2D eigenvalue weighted by Gasteiger charge is -2.12. The van der Waals surface area contributed by atoms with E-state index in [2.05, 4.69) is 15.5 Å². The van der Waals surface area contributed by atoms with Crippen molar-refractivity contribution in [2.24, 2.45) is 0 Å². The number of nitrogens with one attached hydrogen (secondary N) is 1. The second kappa shape index (κ2) is 10.8. The van der Waals surface area contributed by atoms with E-state index in [1.807, 2.05) is 31.2 Å². The second-order valence-corrected chi connectivity index (χ2v) is 8.92. The molecule has 1 N–H and O–H groups in total. The molecule has 0 atom stereocenters. The lowest BCUT2D eigenvalue weighted by molar-refractivity contribution is -0.384. The Morgan fingerprint density at radius 1 is 1.03 bits per heavy atom. The molecule has 0 saturated carbocycles. The van der Waals surface area contributed by atoms with Crippen LogP contribution in [-0.2, 0) is 18.5 Å². The number of amides is 1. The first-order valence-electron chi connectivity index (χ1n) is 11.0. The van der Waals surface area contributed by atoms with Crippen molar-refractivity contribution >= 4 is 23.4 Å². The largest absolute Gasteiger partial charge is 0.416 e. The summed E-state index contributed by atoms with van der Waals surface area (Å²) in [4.78, 5) is 23.1.